The van der Waals surface area contributed by atoms with E-state index in [1.807, 2.05) is 27.7 Å². The number of halogens is 2. The second-order valence-electron chi connectivity index (χ2n) is 11.3. The average molecular weight is 484 g/mol. The van der Waals surface area contributed by atoms with Gasteiger partial charge < -0.3 is 24.4 Å². The smallest absolute Gasteiger partial charge is 0.165 e. The highest BCUT2D eigenvalue weighted by atomic mass is 19.1. The number of piperidine rings is 3. The topological polar surface area (TPSA) is 55.8 Å². The zero-order valence-corrected chi connectivity index (χ0v) is 20.8. The standard InChI is InChI=1S/C28H34F2N2O3/c1-16(2)35-25-6-5-18(12-23(25)30)20-11-19-14-28(3,4)26(21(19)13-22(20)29)32(27(33)34)24-15-31-9-7-17(24)8-10-31/h5-6,11-13,16-17,24,26H,7-10,14-15H2,1-4H3,(H,33,34)/p-1/t24-,26+/m1/s1. The van der Waals surface area contributed by atoms with Crippen molar-refractivity contribution in [2.24, 2.45) is 11.3 Å². The fourth-order valence-corrected chi connectivity index (χ4v) is 6.50. The number of hydrogen-bond acceptors (Lipinski definition) is 4. The number of rotatable bonds is 5. The normalized spacial score (nSPS) is 26.6. The molecule has 0 unspecified atom stereocenters. The molecule has 0 spiro atoms. The molecule has 4 aliphatic rings. The van der Waals surface area contributed by atoms with Crippen molar-refractivity contribution in [3.8, 4) is 16.9 Å². The second-order valence-corrected chi connectivity index (χ2v) is 11.3. The van der Waals surface area contributed by atoms with E-state index in [0.717, 1.165) is 31.5 Å². The minimum atomic E-state index is -1.19. The molecule has 188 valence electrons. The zero-order valence-electron chi connectivity index (χ0n) is 20.8. The molecule has 2 bridgehead atoms. The van der Waals surface area contributed by atoms with Crippen molar-refractivity contribution < 1.29 is 23.4 Å². The van der Waals surface area contributed by atoms with Crippen molar-refractivity contribution in [1.29, 1.82) is 0 Å². The van der Waals surface area contributed by atoms with Gasteiger partial charge in [0.2, 0.25) is 0 Å². The molecule has 3 fully saturated rings. The summed E-state index contributed by atoms with van der Waals surface area (Å²) < 4.78 is 35.6. The summed E-state index contributed by atoms with van der Waals surface area (Å²) >= 11 is 0. The molecule has 6 rings (SSSR count). The molecule has 7 heteroatoms. The lowest BCUT2D eigenvalue weighted by molar-refractivity contribution is -0.276. The van der Waals surface area contributed by atoms with Crippen LogP contribution < -0.4 is 9.84 Å². The summed E-state index contributed by atoms with van der Waals surface area (Å²) in [5, 5.41) is 12.5. The Hall–Kier alpha value is -2.67. The van der Waals surface area contributed by atoms with Crippen molar-refractivity contribution in [3.63, 3.8) is 0 Å². The Morgan fingerprint density at radius 3 is 2.43 bits per heavy atom. The number of hydrogen-bond donors (Lipinski definition) is 0. The summed E-state index contributed by atoms with van der Waals surface area (Å²) in [5.41, 5.74) is 1.89. The van der Waals surface area contributed by atoms with Crippen LogP contribution in [0.15, 0.2) is 30.3 Å². The maximum absolute atomic E-state index is 15.5. The highest BCUT2D eigenvalue weighted by molar-refractivity contribution is 5.69. The Morgan fingerprint density at radius 2 is 1.86 bits per heavy atom. The number of nitrogens with zero attached hydrogens (tertiary/aromatic N) is 2. The Morgan fingerprint density at radius 1 is 1.14 bits per heavy atom. The van der Waals surface area contributed by atoms with Gasteiger partial charge in [-0.1, -0.05) is 19.9 Å². The third-order valence-corrected chi connectivity index (χ3v) is 7.98. The molecule has 3 aliphatic heterocycles. The molecule has 2 aromatic carbocycles. The summed E-state index contributed by atoms with van der Waals surface area (Å²) in [6.07, 6.45) is 1.19. The molecule has 3 heterocycles. The first-order chi connectivity index (χ1) is 16.5. The first-order valence-electron chi connectivity index (χ1n) is 12.6. The van der Waals surface area contributed by atoms with Crippen molar-refractivity contribution in [3.05, 3.63) is 53.1 Å². The van der Waals surface area contributed by atoms with Gasteiger partial charge in [0, 0.05) is 18.2 Å². The highest BCUT2D eigenvalue weighted by Gasteiger charge is 2.48. The number of carboxylic acid groups (broad SMARTS) is 1. The van der Waals surface area contributed by atoms with Crippen LogP contribution in [0.2, 0.25) is 0 Å². The van der Waals surface area contributed by atoms with E-state index in [9.17, 15) is 14.3 Å². The van der Waals surface area contributed by atoms with E-state index in [4.69, 9.17) is 4.74 Å². The predicted octanol–water partition coefficient (Wildman–Crippen LogP) is 4.78. The van der Waals surface area contributed by atoms with Gasteiger partial charge in [-0.05, 0) is 98.5 Å². The molecule has 0 radical (unpaired) electrons. The van der Waals surface area contributed by atoms with Crippen LogP contribution in [-0.4, -0.2) is 47.7 Å². The molecular formula is C28H33F2N2O3-. The Labute approximate surface area is 205 Å². The third-order valence-electron chi connectivity index (χ3n) is 7.98. The lowest BCUT2D eigenvalue weighted by atomic mass is 9.79. The van der Waals surface area contributed by atoms with E-state index in [0.29, 0.717) is 35.6 Å². The number of carbonyl (C=O) groups is 1. The summed E-state index contributed by atoms with van der Waals surface area (Å²) in [6, 6.07) is 7.05. The second kappa shape index (κ2) is 8.77. The van der Waals surface area contributed by atoms with Crippen LogP contribution in [0.5, 0.6) is 5.75 Å². The fraction of sp³-hybridized carbons (Fsp3) is 0.536. The van der Waals surface area contributed by atoms with Crippen LogP contribution in [0.1, 0.15) is 57.7 Å². The minimum Gasteiger partial charge on any atom is -0.530 e. The zero-order chi connectivity index (χ0) is 25.1. The van der Waals surface area contributed by atoms with Crippen molar-refractivity contribution in [2.75, 3.05) is 19.6 Å². The first kappa shape index (κ1) is 24.0. The summed E-state index contributed by atoms with van der Waals surface area (Å²) in [5.74, 6) is -0.597. The van der Waals surface area contributed by atoms with E-state index in [2.05, 4.69) is 4.90 Å². The van der Waals surface area contributed by atoms with Crippen LogP contribution in [-0.2, 0) is 6.42 Å². The van der Waals surface area contributed by atoms with Gasteiger partial charge in [-0.25, -0.2) is 8.78 Å². The lowest BCUT2D eigenvalue weighted by Gasteiger charge is -2.53. The molecule has 35 heavy (non-hydrogen) atoms. The summed E-state index contributed by atoms with van der Waals surface area (Å²) in [6.45, 7) is 10.4. The molecule has 1 amide bonds. The van der Waals surface area contributed by atoms with Crippen LogP contribution in [0.25, 0.3) is 11.1 Å². The number of fused-ring (bicyclic) bond motifs is 4. The summed E-state index contributed by atoms with van der Waals surface area (Å²) in [7, 11) is 0. The first-order valence-corrected chi connectivity index (χ1v) is 12.6. The Kier molecular flexibility index (Phi) is 6.02. The van der Waals surface area contributed by atoms with E-state index >= 15 is 4.39 Å². The maximum Gasteiger partial charge on any atom is 0.165 e. The molecule has 5 nitrogen and oxygen atoms in total. The van der Waals surface area contributed by atoms with Crippen molar-refractivity contribution >= 4 is 6.09 Å². The average Bonchev–Trinajstić information content (AvgIpc) is 3.04. The number of amides is 1. The predicted molar refractivity (Wildman–Crippen MR) is 128 cm³/mol. The lowest BCUT2D eigenvalue weighted by Crippen LogP contribution is -2.62. The van der Waals surface area contributed by atoms with Crippen LogP contribution >= 0.6 is 0 Å². The number of carbonyl (C=O) groups excluding carboxylic acids is 1. The largest absolute Gasteiger partial charge is 0.530 e. The summed E-state index contributed by atoms with van der Waals surface area (Å²) in [4.78, 5) is 16.4. The van der Waals surface area contributed by atoms with Gasteiger partial charge in [-0.3, -0.25) is 0 Å². The van der Waals surface area contributed by atoms with Gasteiger partial charge in [0.15, 0.2) is 11.6 Å². The molecule has 0 saturated carbocycles. The van der Waals surface area contributed by atoms with Gasteiger partial charge >= 0.3 is 0 Å². The quantitative estimate of drug-likeness (QED) is 0.614. The SMILES string of the molecule is CC(C)Oc1ccc(-c2cc3c(cc2F)[C@H](N(C(=O)[O-])[C@@H]2CN4CCC2CC4)C(C)(C)C3)cc1F. The third kappa shape index (κ3) is 4.28. The van der Waals surface area contributed by atoms with Crippen molar-refractivity contribution in [2.45, 2.75) is 65.1 Å². The van der Waals surface area contributed by atoms with E-state index in [1.165, 1.54) is 23.1 Å². The van der Waals surface area contributed by atoms with Gasteiger partial charge in [-0.15, -0.1) is 0 Å². The number of ether oxygens (including phenoxy) is 1. The Bertz CT molecular complexity index is 1140. The highest BCUT2D eigenvalue weighted by Crippen LogP contribution is 2.52. The molecule has 0 aromatic heterocycles. The van der Waals surface area contributed by atoms with E-state index in [1.54, 1.807) is 12.1 Å². The van der Waals surface area contributed by atoms with Gasteiger partial charge in [0.05, 0.1) is 12.1 Å². The van der Waals surface area contributed by atoms with Gasteiger partial charge in [0.25, 0.3) is 0 Å². The van der Waals surface area contributed by atoms with Crippen LogP contribution in [0.4, 0.5) is 13.6 Å². The van der Waals surface area contributed by atoms with Crippen LogP contribution in [0, 0.1) is 23.0 Å². The number of benzene rings is 2. The fourth-order valence-electron chi connectivity index (χ4n) is 6.50. The van der Waals surface area contributed by atoms with E-state index < -0.39 is 29.2 Å². The monoisotopic (exact) mass is 483 g/mol. The molecule has 2 atom stereocenters. The van der Waals surface area contributed by atoms with Crippen molar-refractivity contribution in [1.82, 2.24) is 9.80 Å². The minimum absolute atomic E-state index is 0.133. The molecule has 1 aliphatic carbocycles. The Balaban J connectivity index is 1.52. The maximum atomic E-state index is 15.5. The molecule has 0 N–H and O–H groups in total. The molecule has 3 saturated heterocycles. The van der Waals surface area contributed by atoms with E-state index in [-0.39, 0.29) is 17.9 Å². The van der Waals surface area contributed by atoms with Crippen LogP contribution in [0.3, 0.4) is 0 Å². The molecular weight excluding hydrogens is 450 g/mol. The van der Waals surface area contributed by atoms with Gasteiger partial charge in [-0.2, -0.15) is 0 Å². The molecule has 2 aromatic rings. The van der Waals surface area contributed by atoms with Gasteiger partial charge in [0.1, 0.15) is 11.9 Å².